The molecule has 1 fully saturated rings. The lowest BCUT2D eigenvalue weighted by molar-refractivity contribution is -0.388. The number of nitrogens with zero attached hydrogens (tertiary/aromatic N) is 4. The Morgan fingerprint density at radius 2 is 2.12 bits per heavy atom. The molecule has 0 bridgehead atoms. The van der Waals surface area contributed by atoms with Crippen LogP contribution in [0.25, 0.3) is 0 Å². The van der Waals surface area contributed by atoms with E-state index in [0.717, 1.165) is 25.0 Å². The van der Waals surface area contributed by atoms with Crippen molar-refractivity contribution < 1.29 is 18.1 Å². The molecule has 0 radical (unpaired) electrons. The van der Waals surface area contributed by atoms with E-state index in [1.54, 1.807) is 17.1 Å². The summed E-state index contributed by atoms with van der Waals surface area (Å²) in [6, 6.07) is 3.03. The lowest BCUT2D eigenvalue weighted by atomic mass is 9.80. The van der Waals surface area contributed by atoms with Crippen molar-refractivity contribution in [3.05, 3.63) is 46.3 Å². The van der Waals surface area contributed by atoms with Gasteiger partial charge in [0.05, 0.1) is 11.1 Å². The first-order valence-corrected chi connectivity index (χ1v) is 7.29. The van der Waals surface area contributed by atoms with E-state index in [0.29, 0.717) is 12.5 Å². The summed E-state index contributed by atoms with van der Waals surface area (Å²) in [5.41, 5.74) is -1.95. The van der Waals surface area contributed by atoms with Gasteiger partial charge in [-0.25, -0.2) is 0 Å². The van der Waals surface area contributed by atoms with Gasteiger partial charge >= 0.3 is 6.18 Å². The van der Waals surface area contributed by atoms with Gasteiger partial charge in [-0.3, -0.25) is 14.8 Å². The number of hydrogen-bond donors (Lipinski definition) is 1. The van der Waals surface area contributed by atoms with Gasteiger partial charge in [-0.2, -0.15) is 13.2 Å². The van der Waals surface area contributed by atoms with E-state index in [9.17, 15) is 23.3 Å². The molecule has 1 aromatic carbocycles. The van der Waals surface area contributed by atoms with Gasteiger partial charge in [0, 0.05) is 30.5 Å². The molecule has 0 amide bonds. The van der Waals surface area contributed by atoms with E-state index >= 15 is 0 Å². The van der Waals surface area contributed by atoms with Crippen molar-refractivity contribution in [3.8, 4) is 0 Å². The topological polar surface area (TPSA) is 85.9 Å². The highest BCUT2D eigenvalue weighted by Crippen LogP contribution is 2.38. The van der Waals surface area contributed by atoms with E-state index in [2.05, 4.69) is 15.6 Å². The van der Waals surface area contributed by atoms with E-state index in [1.807, 2.05) is 0 Å². The number of rotatable bonds is 5. The highest BCUT2D eigenvalue weighted by molar-refractivity contribution is 5.55. The van der Waals surface area contributed by atoms with Crippen LogP contribution in [0, 0.1) is 16.0 Å². The number of alkyl halides is 3. The van der Waals surface area contributed by atoms with E-state index in [1.165, 1.54) is 6.07 Å². The quantitative estimate of drug-likeness (QED) is 0.667. The average molecular weight is 341 g/mol. The van der Waals surface area contributed by atoms with Crippen molar-refractivity contribution in [2.45, 2.75) is 31.6 Å². The van der Waals surface area contributed by atoms with Gasteiger partial charge in [0.25, 0.3) is 5.69 Å². The number of hydrogen-bond acceptors (Lipinski definition) is 5. The molecule has 0 aliphatic heterocycles. The van der Waals surface area contributed by atoms with Crippen LogP contribution in [0.15, 0.2) is 30.6 Å². The minimum absolute atomic E-state index is 0.0426. The van der Waals surface area contributed by atoms with Gasteiger partial charge in [0.2, 0.25) is 0 Å². The molecule has 0 saturated heterocycles. The van der Waals surface area contributed by atoms with Gasteiger partial charge in [-0.15, -0.1) is 5.10 Å². The summed E-state index contributed by atoms with van der Waals surface area (Å²) in [6.07, 6.45) is 0.155. The predicted molar refractivity (Wildman–Crippen MR) is 78.3 cm³/mol. The molecule has 0 unspecified atom stereocenters. The van der Waals surface area contributed by atoms with Gasteiger partial charge < -0.3 is 5.32 Å². The summed E-state index contributed by atoms with van der Waals surface area (Å²) >= 11 is 0. The molecule has 128 valence electrons. The number of halogens is 3. The summed E-state index contributed by atoms with van der Waals surface area (Å²) in [6.45, 7) is 0.715. The Balaban J connectivity index is 1.63. The number of nitrogens with one attached hydrogen (secondary N) is 1. The monoisotopic (exact) mass is 341 g/mol. The SMILES string of the molecule is O=[N+]([O-])c1ccc(NC2CC(Cn3ccnn3)C2)cc1C(F)(F)F. The van der Waals surface area contributed by atoms with E-state index in [4.69, 9.17) is 0 Å². The molecule has 0 spiro atoms. The van der Waals surface area contributed by atoms with Crippen molar-refractivity contribution in [3.63, 3.8) is 0 Å². The van der Waals surface area contributed by atoms with Crippen molar-refractivity contribution in [2.75, 3.05) is 5.32 Å². The Kier molecular flexibility index (Phi) is 4.12. The molecule has 1 aliphatic carbocycles. The van der Waals surface area contributed by atoms with Crippen molar-refractivity contribution in [2.24, 2.45) is 5.92 Å². The zero-order chi connectivity index (χ0) is 17.3. The Morgan fingerprint density at radius 3 is 2.71 bits per heavy atom. The second kappa shape index (κ2) is 6.10. The van der Waals surface area contributed by atoms with E-state index in [-0.39, 0.29) is 11.7 Å². The molecule has 1 heterocycles. The van der Waals surface area contributed by atoms with Crippen molar-refractivity contribution in [1.82, 2.24) is 15.0 Å². The molecule has 24 heavy (non-hydrogen) atoms. The number of nitro benzene ring substituents is 1. The van der Waals surface area contributed by atoms with Crippen LogP contribution in [0.5, 0.6) is 0 Å². The summed E-state index contributed by atoms with van der Waals surface area (Å²) < 4.78 is 40.6. The van der Waals surface area contributed by atoms with Crippen LogP contribution in [-0.2, 0) is 12.7 Å². The Morgan fingerprint density at radius 1 is 1.38 bits per heavy atom. The normalized spacial score (nSPS) is 20.5. The van der Waals surface area contributed by atoms with Crippen LogP contribution in [0.2, 0.25) is 0 Å². The van der Waals surface area contributed by atoms with Crippen LogP contribution >= 0.6 is 0 Å². The second-order valence-electron chi connectivity index (χ2n) is 5.79. The second-order valence-corrected chi connectivity index (χ2v) is 5.79. The van der Waals surface area contributed by atoms with Crippen LogP contribution in [0.1, 0.15) is 18.4 Å². The fraction of sp³-hybridized carbons (Fsp3) is 0.429. The molecular formula is C14H14F3N5O2. The third-order valence-corrected chi connectivity index (χ3v) is 4.02. The molecule has 1 aromatic heterocycles. The first-order valence-electron chi connectivity index (χ1n) is 7.29. The molecule has 1 saturated carbocycles. The molecule has 1 aliphatic rings. The molecule has 10 heteroatoms. The highest BCUT2D eigenvalue weighted by atomic mass is 19.4. The number of nitro groups is 1. The maximum atomic E-state index is 12.9. The number of benzene rings is 1. The summed E-state index contributed by atoms with van der Waals surface area (Å²) in [5, 5.41) is 21.3. The highest BCUT2D eigenvalue weighted by Gasteiger charge is 2.39. The zero-order valence-electron chi connectivity index (χ0n) is 12.4. The Bertz CT molecular complexity index is 727. The molecule has 1 N–H and O–H groups in total. The predicted octanol–water partition coefficient (Wildman–Crippen LogP) is 3.10. The molecule has 7 nitrogen and oxygen atoms in total. The van der Waals surface area contributed by atoms with Crippen LogP contribution in [0.4, 0.5) is 24.5 Å². The third-order valence-electron chi connectivity index (χ3n) is 4.02. The smallest absolute Gasteiger partial charge is 0.382 e. The van der Waals surface area contributed by atoms with Gasteiger partial charge in [0.1, 0.15) is 5.56 Å². The summed E-state index contributed by atoms with van der Waals surface area (Å²) in [5.74, 6) is 0.379. The summed E-state index contributed by atoms with van der Waals surface area (Å²) in [7, 11) is 0. The number of anilines is 1. The lowest BCUT2D eigenvalue weighted by Crippen LogP contribution is -2.37. The molecular weight excluding hydrogens is 327 g/mol. The average Bonchev–Trinajstić information content (AvgIpc) is 2.96. The minimum Gasteiger partial charge on any atom is -0.382 e. The fourth-order valence-electron chi connectivity index (χ4n) is 2.85. The standard InChI is InChI=1S/C14H14F3N5O2/c15-14(16,17)12-7-10(1-2-13(12)22(23)24)19-11-5-9(6-11)8-21-4-3-18-20-21/h1-4,7,9,11,19H,5-6,8H2. The lowest BCUT2D eigenvalue weighted by Gasteiger charge is -2.36. The molecule has 2 aromatic rings. The van der Waals surface area contributed by atoms with Gasteiger partial charge in [-0.1, -0.05) is 5.21 Å². The maximum Gasteiger partial charge on any atom is 0.423 e. The molecule has 0 atom stereocenters. The van der Waals surface area contributed by atoms with Crippen LogP contribution in [0.3, 0.4) is 0 Å². The Labute approximate surface area is 134 Å². The van der Waals surface area contributed by atoms with Crippen molar-refractivity contribution >= 4 is 11.4 Å². The minimum atomic E-state index is -4.77. The Hall–Kier alpha value is -2.65. The first-order chi connectivity index (χ1) is 11.3. The van der Waals surface area contributed by atoms with E-state index < -0.39 is 22.4 Å². The van der Waals surface area contributed by atoms with Crippen LogP contribution < -0.4 is 5.32 Å². The first kappa shape index (κ1) is 16.2. The van der Waals surface area contributed by atoms with Crippen molar-refractivity contribution in [1.29, 1.82) is 0 Å². The molecule has 3 rings (SSSR count). The maximum absolute atomic E-state index is 12.9. The largest absolute Gasteiger partial charge is 0.423 e. The third kappa shape index (κ3) is 3.47. The zero-order valence-corrected chi connectivity index (χ0v) is 12.4. The number of aromatic nitrogens is 3. The van der Waals surface area contributed by atoms with Gasteiger partial charge in [0.15, 0.2) is 0 Å². The van der Waals surface area contributed by atoms with Gasteiger partial charge in [-0.05, 0) is 30.9 Å². The van der Waals surface area contributed by atoms with Crippen LogP contribution in [-0.4, -0.2) is 26.0 Å². The summed E-state index contributed by atoms with van der Waals surface area (Å²) in [4.78, 5) is 9.71. The fourth-order valence-corrected chi connectivity index (χ4v) is 2.85.